The summed E-state index contributed by atoms with van der Waals surface area (Å²) in [4.78, 5) is 4.50. The van der Waals surface area contributed by atoms with E-state index >= 15 is 0 Å². The Bertz CT molecular complexity index is 337. The first-order valence-electron chi connectivity index (χ1n) is 6.21. The highest BCUT2D eigenvalue weighted by molar-refractivity contribution is 4.99. The van der Waals surface area contributed by atoms with Crippen molar-refractivity contribution in [3.05, 3.63) is 11.7 Å². The van der Waals surface area contributed by atoms with Crippen LogP contribution in [0.1, 0.15) is 63.2 Å². The summed E-state index contributed by atoms with van der Waals surface area (Å²) >= 11 is 0. The summed E-state index contributed by atoms with van der Waals surface area (Å²) in [7, 11) is 1.90. The molecule has 3 unspecified atom stereocenters. The van der Waals surface area contributed by atoms with Crippen LogP contribution in [0.2, 0.25) is 0 Å². The second-order valence-corrected chi connectivity index (χ2v) is 4.97. The normalized spacial score (nSPS) is 27.9. The van der Waals surface area contributed by atoms with Crippen LogP contribution in [0.25, 0.3) is 0 Å². The molecule has 1 heterocycles. The van der Waals surface area contributed by atoms with Gasteiger partial charge in [-0.15, -0.1) is 0 Å². The standard InChI is InChI=1S/C12H21N3O/c1-8-5-4-6-10(7-8)11-14-12(16-15-11)9(2)13-3/h8-10,13H,4-7H2,1-3H3. The van der Waals surface area contributed by atoms with Gasteiger partial charge in [0.05, 0.1) is 6.04 Å². The topological polar surface area (TPSA) is 51.0 Å². The zero-order chi connectivity index (χ0) is 11.5. The van der Waals surface area contributed by atoms with Gasteiger partial charge in [-0.3, -0.25) is 0 Å². The van der Waals surface area contributed by atoms with Crippen molar-refractivity contribution in [1.29, 1.82) is 0 Å². The lowest BCUT2D eigenvalue weighted by atomic mass is 9.82. The Kier molecular flexibility index (Phi) is 3.59. The van der Waals surface area contributed by atoms with E-state index in [1.54, 1.807) is 0 Å². The molecule has 16 heavy (non-hydrogen) atoms. The van der Waals surface area contributed by atoms with Gasteiger partial charge >= 0.3 is 0 Å². The van der Waals surface area contributed by atoms with Crippen LogP contribution in [0.4, 0.5) is 0 Å². The zero-order valence-electron chi connectivity index (χ0n) is 10.4. The van der Waals surface area contributed by atoms with E-state index in [2.05, 4.69) is 22.4 Å². The van der Waals surface area contributed by atoms with Gasteiger partial charge in [-0.25, -0.2) is 0 Å². The molecule has 1 saturated carbocycles. The Labute approximate surface area is 96.8 Å². The fourth-order valence-corrected chi connectivity index (χ4v) is 2.38. The number of nitrogens with one attached hydrogen (secondary N) is 1. The Morgan fingerprint density at radius 2 is 2.25 bits per heavy atom. The van der Waals surface area contributed by atoms with Gasteiger partial charge in [-0.05, 0) is 32.7 Å². The maximum atomic E-state index is 5.28. The summed E-state index contributed by atoms with van der Waals surface area (Å²) in [5, 5.41) is 7.23. The molecule has 0 aliphatic heterocycles. The minimum absolute atomic E-state index is 0.141. The smallest absolute Gasteiger partial charge is 0.243 e. The second-order valence-electron chi connectivity index (χ2n) is 4.97. The number of nitrogens with zero attached hydrogens (tertiary/aromatic N) is 2. The van der Waals surface area contributed by atoms with Crippen LogP contribution in [0, 0.1) is 5.92 Å². The fourth-order valence-electron chi connectivity index (χ4n) is 2.38. The van der Waals surface area contributed by atoms with Gasteiger partial charge in [0.15, 0.2) is 5.82 Å². The van der Waals surface area contributed by atoms with Crippen molar-refractivity contribution < 1.29 is 4.52 Å². The van der Waals surface area contributed by atoms with Crippen molar-refractivity contribution in [3.63, 3.8) is 0 Å². The average Bonchev–Trinajstić information content (AvgIpc) is 2.77. The van der Waals surface area contributed by atoms with Crippen molar-refractivity contribution in [2.24, 2.45) is 5.92 Å². The van der Waals surface area contributed by atoms with Crippen molar-refractivity contribution in [3.8, 4) is 0 Å². The van der Waals surface area contributed by atoms with E-state index in [1.165, 1.54) is 25.7 Å². The molecule has 0 bridgehead atoms. The van der Waals surface area contributed by atoms with Crippen LogP contribution in [0.3, 0.4) is 0 Å². The summed E-state index contributed by atoms with van der Waals surface area (Å²) in [6, 6.07) is 0.141. The quantitative estimate of drug-likeness (QED) is 0.855. The van der Waals surface area contributed by atoms with E-state index in [-0.39, 0.29) is 6.04 Å². The molecule has 1 aromatic rings. The highest BCUT2D eigenvalue weighted by Gasteiger charge is 2.25. The Balaban J connectivity index is 2.06. The number of aromatic nitrogens is 2. The van der Waals surface area contributed by atoms with Crippen molar-refractivity contribution in [2.75, 3.05) is 7.05 Å². The fraction of sp³-hybridized carbons (Fsp3) is 0.833. The summed E-state index contributed by atoms with van der Waals surface area (Å²) in [5.74, 6) is 2.91. The van der Waals surface area contributed by atoms with Gasteiger partial charge in [-0.2, -0.15) is 4.98 Å². The number of rotatable bonds is 3. The first-order valence-corrected chi connectivity index (χ1v) is 6.21. The van der Waals surface area contributed by atoms with Crippen molar-refractivity contribution in [2.45, 2.75) is 51.5 Å². The highest BCUT2D eigenvalue weighted by atomic mass is 16.5. The van der Waals surface area contributed by atoms with Crippen LogP contribution in [-0.4, -0.2) is 17.2 Å². The lowest BCUT2D eigenvalue weighted by molar-refractivity contribution is 0.314. The summed E-state index contributed by atoms with van der Waals surface area (Å²) in [6.07, 6.45) is 5.04. The molecular weight excluding hydrogens is 202 g/mol. The van der Waals surface area contributed by atoms with Gasteiger partial charge < -0.3 is 9.84 Å². The molecule has 1 N–H and O–H groups in total. The third-order valence-corrected chi connectivity index (χ3v) is 3.56. The Morgan fingerprint density at radius 1 is 1.44 bits per heavy atom. The second kappa shape index (κ2) is 4.95. The molecule has 3 atom stereocenters. The lowest BCUT2D eigenvalue weighted by Crippen LogP contribution is -2.14. The molecule has 90 valence electrons. The third kappa shape index (κ3) is 2.43. The van der Waals surface area contributed by atoms with Crippen LogP contribution < -0.4 is 5.32 Å². The van der Waals surface area contributed by atoms with Gasteiger partial charge in [-0.1, -0.05) is 24.9 Å². The molecule has 1 fully saturated rings. The van der Waals surface area contributed by atoms with Gasteiger partial charge in [0.1, 0.15) is 0 Å². The van der Waals surface area contributed by atoms with E-state index in [4.69, 9.17) is 4.52 Å². The first kappa shape index (κ1) is 11.6. The molecule has 0 aromatic carbocycles. The van der Waals surface area contributed by atoms with E-state index in [9.17, 15) is 0 Å². The molecule has 0 saturated heterocycles. The van der Waals surface area contributed by atoms with Gasteiger partial charge in [0.25, 0.3) is 0 Å². The van der Waals surface area contributed by atoms with Crippen LogP contribution >= 0.6 is 0 Å². The van der Waals surface area contributed by atoms with E-state index < -0.39 is 0 Å². The van der Waals surface area contributed by atoms with Gasteiger partial charge in [0.2, 0.25) is 5.89 Å². The van der Waals surface area contributed by atoms with Crippen LogP contribution in [0.5, 0.6) is 0 Å². The highest BCUT2D eigenvalue weighted by Crippen LogP contribution is 2.34. The predicted molar refractivity (Wildman–Crippen MR) is 62.1 cm³/mol. The molecule has 0 spiro atoms. The molecule has 2 rings (SSSR count). The maximum Gasteiger partial charge on any atom is 0.243 e. The van der Waals surface area contributed by atoms with E-state index in [1.807, 2.05) is 14.0 Å². The van der Waals surface area contributed by atoms with Crippen molar-refractivity contribution >= 4 is 0 Å². The number of hydrogen-bond acceptors (Lipinski definition) is 4. The molecule has 0 amide bonds. The SMILES string of the molecule is CNC(C)c1nc(C2CCCC(C)C2)no1. The molecule has 4 heteroatoms. The van der Waals surface area contributed by atoms with Crippen LogP contribution in [0.15, 0.2) is 4.52 Å². The lowest BCUT2D eigenvalue weighted by Gasteiger charge is -2.23. The Morgan fingerprint density at radius 3 is 2.94 bits per heavy atom. The summed E-state index contributed by atoms with van der Waals surface area (Å²) in [5.41, 5.74) is 0. The average molecular weight is 223 g/mol. The first-order chi connectivity index (χ1) is 7.70. The molecular formula is C12H21N3O. The van der Waals surface area contributed by atoms with E-state index in [0.29, 0.717) is 11.8 Å². The predicted octanol–water partition coefficient (Wildman–Crippen LogP) is 2.64. The summed E-state index contributed by atoms with van der Waals surface area (Å²) in [6.45, 7) is 4.34. The van der Waals surface area contributed by atoms with E-state index in [0.717, 1.165) is 11.7 Å². The monoisotopic (exact) mass is 223 g/mol. The Hall–Kier alpha value is -0.900. The molecule has 4 nitrogen and oxygen atoms in total. The minimum Gasteiger partial charge on any atom is -0.338 e. The summed E-state index contributed by atoms with van der Waals surface area (Å²) < 4.78 is 5.28. The van der Waals surface area contributed by atoms with Crippen LogP contribution in [-0.2, 0) is 0 Å². The van der Waals surface area contributed by atoms with Crippen molar-refractivity contribution in [1.82, 2.24) is 15.5 Å². The number of hydrogen-bond donors (Lipinski definition) is 1. The molecule has 1 aliphatic carbocycles. The third-order valence-electron chi connectivity index (χ3n) is 3.56. The maximum absolute atomic E-state index is 5.28. The molecule has 0 radical (unpaired) electrons. The largest absolute Gasteiger partial charge is 0.338 e. The van der Waals surface area contributed by atoms with Gasteiger partial charge in [0, 0.05) is 5.92 Å². The molecule has 1 aromatic heterocycles. The zero-order valence-corrected chi connectivity index (χ0v) is 10.4. The molecule has 1 aliphatic rings. The minimum atomic E-state index is 0.141.